The van der Waals surface area contributed by atoms with E-state index in [-0.39, 0.29) is 5.82 Å². The van der Waals surface area contributed by atoms with Gasteiger partial charge in [0.2, 0.25) is 0 Å². The fourth-order valence-electron chi connectivity index (χ4n) is 2.45. The van der Waals surface area contributed by atoms with Crippen LogP contribution in [-0.4, -0.2) is 4.98 Å². The molecule has 0 saturated carbocycles. The minimum atomic E-state index is 0.247. The fraction of sp³-hybridized carbons (Fsp3) is 0.0526. The lowest BCUT2D eigenvalue weighted by Gasteiger charge is -2.11. The van der Waals surface area contributed by atoms with E-state index < -0.39 is 0 Å². The predicted molar refractivity (Wildman–Crippen MR) is 96.7 cm³/mol. The van der Waals surface area contributed by atoms with Crippen molar-refractivity contribution in [3.05, 3.63) is 70.2 Å². The van der Waals surface area contributed by atoms with E-state index in [2.05, 4.69) is 27.0 Å². The Morgan fingerprint density at radius 2 is 1.74 bits per heavy atom. The highest BCUT2D eigenvalue weighted by Gasteiger charge is 2.14. The molecule has 0 unspecified atom stereocenters. The number of hydrogen-bond acceptors (Lipinski definition) is 3. The molecule has 0 bridgehead atoms. The van der Waals surface area contributed by atoms with Crippen LogP contribution in [0.15, 0.2) is 59.1 Å². The van der Waals surface area contributed by atoms with E-state index in [9.17, 15) is 5.26 Å². The third kappa shape index (κ3) is 2.96. The molecule has 1 heterocycles. The first-order chi connectivity index (χ1) is 11.1. The molecule has 2 aromatic carbocycles. The zero-order chi connectivity index (χ0) is 16.4. The van der Waals surface area contributed by atoms with Crippen LogP contribution in [-0.2, 0) is 0 Å². The summed E-state index contributed by atoms with van der Waals surface area (Å²) in [6.07, 6.45) is 0. The van der Waals surface area contributed by atoms with Gasteiger partial charge in [-0.15, -0.1) is 0 Å². The molecule has 3 nitrogen and oxygen atoms in total. The Morgan fingerprint density at radius 3 is 2.39 bits per heavy atom. The molecule has 0 spiro atoms. The first-order valence-corrected chi connectivity index (χ1v) is 7.92. The maximum atomic E-state index is 9.45. The molecule has 0 atom stereocenters. The van der Waals surface area contributed by atoms with Gasteiger partial charge in [-0.3, -0.25) is 0 Å². The van der Waals surface area contributed by atoms with Crippen molar-refractivity contribution in [2.24, 2.45) is 0 Å². The lowest BCUT2D eigenvalue weighted by atomic mass is 9.98. The smallest absolute Gasteiger partial charge is 0.142 e. The highest BCUT2D eigenvalue weighted by Crippen LogP contribution is 2.33. The second-order valence-corrected chi connectivity index (χ2v) is 6.13. The maximum absolute atomic E-state index is 9.45. The van der Waals surface area contributed by atoms with Gasteiger partial charge >= 0.3 is 0 Å². The Morgan fingerprint density at radius 1 is 1.04 bits per heavy atom. The average molecular weight is 364 g/mol. The van der Waals surface area contributed by atoms with Crippen molar-refractivity contribution in [2.45, 2.75) is 6.92 Å². The number of aryl methyl sites for hydroxylation is 1. The number of hydrogen-bond donors (Lipinski definition) is 1. The standard InChI is InChI=1S/C19H14BrN3/c1-12-6-8-13(9-7-12)15-10-18(23-19(22)16(15)11-21)14-4-2-3-5-17(14)20/h2-10H,1H3,(H2,22,23). The predicted octanol–water partition coefficient (Wildman–Crippen LogP) is 4.94. The number of anilines is 1. The molecule has 0 amide bonds. The molecule has 2 N–H and O–H groups in total. The van der Waals surface area contributed by atoms with E-state index in [4.69, 9.17) is 5.73 Å². The first kappa shape index (κ1) is 15.3. The lowest BCUT2D eigenvalue weighted by Crippen LogP contribution is -2.00. The normalized spacial score (nSPS) is 10.3. The fourth-order valence-corrected chi connectivity index (χ4v) is 2.94. The van der Waals surface area contributed by atoms with Crippen LogP contribution in [0.25, 0.3) is 22.4 Å². The number of nitrogens with zero attached hydrogens (tertiary/aromatic N) is 2. The van der Waals surface area contributed by atoms with Gasteiger partial charge < -0.3 is 5.73 Å². The van der Waals surface area contributed by atoms with Crippen LogP contribution in [0.3, 0.4) is 0 Å². The van der Waals surface area contributed by atoms with Gasteiger partial charge in [-0.25, -0.2) is 4.98 Å². The number of aromatic nitrogens is 1. The Labute approximate surface area is 143 Å². The van der Waals surface area contributed by atoms with E-state index in [1.54, 1.807) is 0 Å². The van der Waals surface area contributed by atoms with Crippen molar-refractivity contribution in [2.75, 3.05) is 5.73 Å². The summed E-state index contributed by atoms with van der Waals surface area (Å²) in [6, 6.07) is 19.9. The summed E-state index contributed by atoms with van der Waals surface area (Å²) in [6.45, 7) is 2.03. The van der Waals surface area contributed by atoms with Gasteiger partial charge in [-0.05, 0) is 24.6 Å². The molecular weight excluding hydrogens is 350 g/mol. The third-order valence-electron chi connectivity index (χ3n) is 3.67. The van der Waals surface area contributed by atoms with E-state index in [0.29, 0.717) is 5.56 Å². The zero-order valence-corrected chi connectivity index (χ0v) is 14.1. The Hall–Kier alpha value is -2.64. The van der Waals surface area contributed by atoms with Crippen LogP contribution in [0, 0.1) is 18.3 Å². The number of halogens is 1. The van der Waals surface area contributed by atoms with Crippen molar-refractivity contribution < 1.29 is 0 Å². The number of nitrogens with two attached hydrogens (primary N) is 1. The van der Waals surface area contributed by atoms with Crippen LogP contribution < -0.4 is 5.73 Å². The lowest BCUT2D eigenvalue weighted by molar-refractivity contribution is 1.30. The molecule has 23 heavy (non-hydrogen) atoms. The van der Waals surface area contributed by atoms with Crippen molar-refractivity contribution in [1.29, 1.82) is 5.26 Å². The highest BCUT2D eigenvalue weighted by atomic mass is 79.9. The summed E-state index contributed by atoms with van der Waals surface area (Å²) in [5.41, 5.74) is 11.0. The summed E-state index contributed by atoms with van der Waals surface area (Å²) >= 11 is 3.54. The Bertz CT molecular complexity index is 909. The number of nitriles is 1. The quantitative estimate of drug-likeness (QED) is 0.701. The van der Waals surface area contributed by atoms with Crippen LogP contribution in [0.2, 0.25) is 0 Å². The van der Waals surface area contributed by atoms with Crippen LogP contribution in [0.5, 0.6) is 0 Å². The van der Waals surface area contributed by atoms with Crippen LogP contribution in [0.1, 0.15) is 11.1 Å². The average Bonchev–Trinajstić information content (AvgIpc) is 2.55. The monoisotopic (exact) mass is 363 g/mol. The SMILES string of the molecule is Cc1ccc(-c2cc(-c3ccccc3Br)nc(N)c2C#N)cc1. The molecule has 3 rings (SSSR count). The molecule has 0 fully saturated rings. The van der Waals surface area contributed by atoms with Crippen LogP contribution >= 0.6 is 15.9 Å². The second kappa shape index (κ2) is 6.23. The molecule has 0 aliphatic rings. The van der Waals surface area contributed by atoms with Gasteiger partial charge in [-0.1, -0.05) is 64.0 Å². The molecule has 4 heteroatoms. The molecule has 3 aromatic rings. The van der Waals surface area contributed by atoms with Gasteiger partial charge in [0.1, 0.15) is 17.5 Å². The summed E-state index contributed by atoms with van der Waals surface area (Å²) in [7, 11) is 0. The number of nitrogen functional groups attached to an aromatic ring is 1. The van der Waals surface area contributed by atoms with Crippen molar-refractivity contribution >= 4 is 21.7 Å². The molecule has 1 aromatic heterocycles. The second-order valence-electron chi connectivity index (χ2n) is 5.27. The number of benzene rings is 2. The largest absolute Gasteiger partial charge is 0.383 e. The van der Waals surface area contributed by atoms with Crippen molar-refractivity contribution in [3.63, 3.8) is 0 Å². The molecule has 0 aliphatic carbocycles. The topological polar surface area (TPSA) is 62.7 Å². The zero-order valence-electron chi connectivity index (χ0n) is 12.5. The highest BCUT2D eigenvalue weighted by molar-refractivity contribution is 9.10. The minimum absolute atomic E-state index is 0.247. The molecule has 112 valence electrons. The Kier molecular flexibility index (Phi) is 4.14. The van der Waals surface area contributed by atoms with Crippen LogP contribution in [0.4, 0.5) is 5.82 Å². The summed E-state index contributed by atoms with van der Waals surface area (Å²) in [5.74, 6) is 0.247. The molecular formula is C19H14BrN3. The number of pyridine rings is 1. The van der Waals surface area contributed by atoms with E-state index in [1.165, 1.54) is 5.56 Å². The van der Waals surface area contributed by atoms with Gasteiger partial charge in [0.15, 0.2) is 0 Å². The van der Waals surface area contributed by atoms with Gasteiger partial charge in [0.05, 0.1) is 5.69 Å². The number of rotatable bonds is 2. The van der Waals surface area contributed by atoms with Crippen molar-refractivity contribution in [3.8, 4) is 28.5 Å². The Balaban J connectivity index is 2.25. The molecule has 0 saturated heterocycles. The van der Waals surface area contributed by atoms with Gasteiger partial charge in [-0.2, -0.15) is 5.26 Å². The van der Waals surface area contributed by atoms with Gasteiger partial charge in [0.25, 0.3) is 0 Å². The summed E-state index contributed by atoms with van der Waals surface area (Å²) < 4.78 is 0.937. The summed E-state index contributed by atoms with van der Waals surface area (Å²) in [5, 5.41) is 9.45. The van der Waals surface area contributed by atoms with Gasteiger partial charge in [0, 0.05) is 15.6 Å². The minimum Gasteiger partial charge on any atom is -0.383 e. The molecule has 0 aliphatic heterocycles. The first-order valence-electron chi connectivity index (χ1n) is 7.12. The third-order valence-corrected chi connectivity index (χ3v) is 4.36. The van der Waals surface area contributed by atoms with E-state index >= 15 is 0 Å². The maximum Gasteiger partial charge on any atom is 0.142 e. The van der Waals surface area contributed by atoms with E-state index in [1.807, 2.05) is 61.5 Å². The summed E-state index contributed by atoms with van der Waals surface area (Å²) in [4.78, 5) is 4.40. The van der Waals surface area contributed by atoms with E-state index in [0.717, 1.165) is 26.9 Å². The molecule has 0 radical (unpaired) electrons. The van der Waals surface area contributed by atoms with Crippen molar-refractivity contribution in [1.82, 2.24) is 4.98 Å².